The summed E-state index contributed by atoms with van der Waals surface area (Å²) in [6, 6.07) is 22.1. The van der Waals surface area contributed by atoms with E-state index in [9.17, 15) is 13.2 Å². The number of ether oxygens (including phenoxy) is 1. The lowest BCUT2D eigenvalue weighted by atomic mass is 10.2. The SMILES string of the molecule is CCOc1ccccc1N(CC(=O)N(C)Cc1ccccc1)S(=O)(=O)c1ccc(Cl)cc1. The molecule has 0 aliphatic carbocycles. The summed E-state index contributed by atoms with van der Waals surface area (Å²) in [7, 11) is -2.42. The Kier molecular flexibility index (Phi) is 7.77. The molecule has 0 heterocycles. The van der Waals surface area contributed by atoms with Crippen molar-refractivity contribution in [2.75, 3.05) is 24.5 Å². The molecule has 0 aliphatic rings. The van der Waals surface area contributed by atoms with Crippen LogP contribution in [0.15, 0.2) is 83.8 Å². The average molecular weight is 473 g/mol. The van der Waals surface area contributed by atoms with E-state index in [2.05, 4.69) is 0 Å². The van der Waals surface area contributed by atoms with E-state index in [-0.39, 0.29) is 17.3 Å². The topological polar surface area (TPSA) is 66.9 Å². The molecule has 0 bridgehead atoms. The van der Waals surface area contributed by atoms with Gasteiger partial charge in [0.2, 0.25) is 5.91 Å². The van der Waals surface area contributed by atoms with Gasteiger partial charge in [-0.25, -0.2) is 8.42 Å². The van der Waals surface area contributed by atoms with E-state index < -0.39 is 10.0 Å². The Morgan fingerprint density at radius 2 is 1.56 bits per heavy atom. The molecule has 6 nitrogen and oxygen atoms in total. The van der Waals surface area contributed by atoms with E-state index in [1.165, 1.54) is 29.2 Å². The van der Waals surface area contributed by atoms with Crippen LogP contribution in [0.5, 0.6) is 5.75 Å². The summed E-state index contributed by atoms with van der Waals surface area (Å²) >= 11 is 5.94. The van der Waals surface area contributed by atoms with Gasteiger partial charge in [-0.3, -0.25) is 9.10 Å². The van der Waals surface area contributed by atoms with Crippen LogP contribution < -0.4 is 9.04 Å². The van der Waals surface area contributed by atoms with E-state index in [0.717, 1.165) is 9.87 Å². The van der Waals surface area contributed by atoms with Crippen LogP contribution >= 0.6 is 11.6 Å². The van der Waals surface area contributed by atoms with Gasteiger partial charge in [-0.05, 0) is 48.9 Å². The van der Waals surface area contributed by atoms with Gasteiger partial charge in [-0.1, -0.05) is 54.1 Å². The molecule has 3 aromatic rings. The number of nitrogens with zero attached hydrogens (tertiary/aromatic N) is 2. The second kappa shape index (κ2) is 10.5. The van der Waals surface area contributed by atoms with Gasteiger partial charge in [0.25, 0.3) is 10.0 Å². The quantitative estimate of drug-likeness (QED) is 0.456. The highest BCUT2D eigenvalue weighted by Gasteiger charge is 2.30. The zero-order chi connectivity index (χ0) is 23.1. The third kappa shape index (κ3) is 5.60. The number of hydrogen-bond donors (Lipinski definition) is 0. The normalized spacial score (nSPS) is 11.1. The maximum Gasteiger partial charge on any atom is 0.264 e. The number of hydrogen-bond acceptors (Lipinski definition) is 4. The molecule has 0 aliphatic heterocycles. The maximum atomic E-state index is 13.6. The van der Waals surface area contributed by atoms with E-state index in [0.29, 0.717) is 29.6 Å². The Morgan fingerprint density at radius 3 is 2.22 bits per heavy atom. The first-order valence-corrected chi connectivity index (χ1v) is 11.9. The second-order valence-corrected chi connectivity index (χ2v) is 9.40. The van der Waals surface area contributed by atoms with Gasteiger partial charge in [0.05, 0.1) is 17.2 Å². The van der Waals surface area contributed by atoms with Crippen LogP contribution in [-0.2, 0) is 21.4 Å². The van der Waals surface area contributed by atoms with Gasteiger partial charge in [0.1, 0.15) is 12.3 Å². The highest BCUT2D eigenvalue weighted by molar-refractivity contribution is 7.92. The van der Waals surface area contributed by atoms with Gasteiger partial charge in [0, 0.05) is 18.6 Å². The lowest BCUT2D eigenvalue weighted by Crippen LogP contribution is -2.41. The van der Waals surface area contributed by atoms with Crippen LogP contribution in [0.1, 0.15) is 12.5 Å². The number of carbonyl (C=O) groups is 1. The minimum atomic E-state index is -4.07. The highest BCUT2D eigenvalue weighted by atomic mass is 35.5. The molecule has 1 amide bonds. The predicted octanol–water partition coefficient (Wildman–Crippen LogP) is 4.59. The van der Waals surface area contributed by atoms with Gasteiger partial charge in [0.15, 0.2) is 0 Å². The van der Waals surface area contributed by atoms with Gasteiger partial charge < -0.3 is 9.64 Å². The van der Waals surface area contributed by atoms with E-state index in [4.69, 9.17) is 16.3 Å². The van der Waals surface area contributed by atoms with Gasteiger partial charge >= 0.3 is 0 Å². The van der Waals surface area contributed by atoms with Crippen LogP contribution in [0.3, 0.4) is 0 Å². The van der Waals surface area contributed by atoms with Crippen molar-refractivity contribution >= 4 is 33.2 Å². The van der Waals surface area contributed by atoms with Crippen LogP contribution in [0.25, 0.3) is 0 Å². The Labute approximate surface area is 194 Å². The third-order valence-electron chi connectivity index (χ3n) is 4.80. The number of benzene rings is 3. The number of likely N-dealkylation sites (N-methyl/N-ethyl adjacent to an activating group) is 1. The van der Waals surface area contributed by atoms with Gasteiger partial charge in [-0.2, -0.15) is 0 Å². The van der Waals surface area contributed by atoms with Crippen molar-refractivity contribution in [1.29, 1.82) is 0 Å². The van der Waals surface area contributed by atoms with Crippen molar-refractivity contribution in [2.45, 2.75) is 18.4 Å². The van der Waals surface area contributed by atoms with Crippen LogP contribution in [0.2, 0.25) is 5.02 Å². The van der Waals surface area contributed by atoms with Crippen molar-refractivity contribution in [1.82, 2.24) is 4.90 Å². The summed E-state index contributed by atoms with van der Waals surface area (Å²) in [6.07, 6.45) is 0. The molecule has 168 valence electrons. The molecule has 0 saturated carbocycles. The zero-order valence-corrected chi connectivity index (χ0v) is 19.5. The van der Waals surface area contributed by atoms with Crippen molar-refractivity contribution in [3.8, 4) is 5.75 Å². The zero-order valence-electron chi connectivity index (χ0n) is 17.9. The number of sulfonamides is 1. The summed E-state index contributed by atoms with van der Waals surface area (Å²) in [5, 5.41) is 0.420. The van der Waals surface area contributed by atoms with Gasteiger partial charge in [-0.15, -0.1) is 0 Å². The van der Waals surface area contributed by atoms with Crippen molar-refractivity contribution in [3.05, 3.63) is 89.4 Å². The monoisotopic (exact) mass is 472 g/mol. The fraction of sp³-hybridized carbons (Fsp3) is 0.208. The molecule has 0 fully saturated rings. The Hall–Kier alpha value is -3.03. The Morgan fingerprint density at radius 1 is 0.938 bits per heavy atom. The van der Waals surface area contributed by atoms with Crippen molar-refractivity contribution < 1.29 is 17.9 Å². The standard InChI is InChI=1S/C24H25ClN2O4S/c1-3-31-23-12-8-7-11-22(23)27(32(29,30)21-15-13-20(25)14-16-21)18-24(28)26(2)17-19-9-5-4-6-10-19/h4-16H,3,17-18H2,1-2H3. The van der Waals surface area contributed by atoms with E-state index in [1.807, 2.05) is 37.3 Å². The fourth-order valence-electron chi connectivity index (χ4n) is 3.16. The molecule has 0 N–H and O–H groups in total. The molecular formula is C24H25ClN2O4S. The van der Waals surface area contributed by atoms with Crippen molar-refractivity contribution in [3.63, 3.8) is 0 Å². The van der Waals surface area contributed by atoms with Crippen LogP contribution in [0.4, 0.5) is 5.69 Å². The van der Waals surface area contributed by atoms with E-state index >= 15 is 0 Å². The predicted molar refractivity (Wildman–Crippen MR) is 127 cm³/mol. The summed E-state index contributed by atoms with van der Waals surface area (Å²) in [6.45, 7) is 2.15. The second-order valence-electron chi connectivity index (χ2n) is 7.10. The Bertz CT molecular complexity index is 1150. The summed E-state index contributed by atoms with van der Waals surface area (Å²) in [5.41, 5.74) is 1.25. The van der Waals surface area contributed by atoms with Crippen LogP contribution in [-0.4, -0.2) is 39.4 Å². The lowest BCUT2D eigenvalue weighted by molar-refractivity contribution is -0.128. The maximum absolute atomic E-state index is 13.6. The number of rotatable bonds is 9. The molecule has 0 saturated heterocycles. The largest absolute Gasteiger partial charge is 0.492 e. The lowest BCUT2D eigenvalue weighted by Gasteiger charge is -2.28. The number of carbonyl (C=O) groups excluding carboxylic acids is 1. The summed E-state index contributed by atoms with van der Waals surface area (Å²) in [5.74, 6) is 0.0312. The smallest absolute Gasteiger partial charge is 0.264 e. The first-order valence-electron chi connectivity index (χ1n) is 10.1. The molecule has 3 aromatic carbocycles. The summed E-state index contributed by atoms with van der Waals surface area (Å²) in [4.78, 5) is 14.6. The average Bonchev–Trinajstić information content (AvgIpc) is 2.79. The minimum Gasteiger partial charge on any atom is -0.492 e. The molecule has 3 rings (SSSR count). The molecule has 32 heavy (non-hydrogen) atoms. The first kappa shape index (κ1) is 23.6. The van der Waals surface area contributed by atoms with Crippen LogP contribution in [0, 0.1) is 0 Å². The number of para-hydroxylation sites is 2. The number of anilines is 1. The highest BCUT2D eigenvalue weighted by Crippen LogP contribution is 2.33. The molecule has 0 spiro atoms. The molecule has 0 atom stereocenters. The Balaban J connectivity index is 1.97. The first-order chi connectivity index (χ1) is 15.3. The molecule has 0 aromatic heterocycles. The molecular weight excluding hydrogens is 448 g/mol. The fourth-order valence-corrected chi connectivity index (χ4v) is 4.71. The summed E-state index contributed by atoms with van der Waals surface area (Å²) < 4.78 is 33.9. The molecule has 0 radical (unpaired) electrons. The molecule has 8 heteroatoms. The number of halogens is 1. The molecule has 0 unspecified atom stereocenters. The number of amides is 1. The van der Waals surface area contributed by atoms with Crippen molar-refractivity contribution in [2.24, 2.45) is 0 Å². The third-order valence-corrected chi connectivity index (χ3v) is 6.83. The van der Waals surface area contributed by atoms with E-state index in [1.54, 1.807) is 31.3 Å². The minimum absolute atomic E-state index is 0.0340.